The van der Waals surface area contributed by atoms with E-state index in [1.165, 1.54) is 18.3 Å². The third-order valence-corrected chi connectivity index (χ3v) is 5.54. The van der Waals surface area contributed by atoms with E-state index < -0.39 is 18.5 Å². The number of thiophene rings is 1. The molecule has 0 saturated carbocycles. The lowest BCUT2D eigenvalue weighted by Crippen LogP contribution is -2.20. The van der Waals surface area contributed by atoms with Gasteiger partial charge in [0.05, 0.1) is 0 Å². The molecule has 4 rings (SSSR count). The van der Waals surface area contributed by atoms with Crippen LogP contribution in [-0.4, -0.2) is 24.4 Å². The number of para-hydroxylation sites is 1. The summed E-state index contributed by atoms with van der Waals surface area (Å²) < 4.78 is 10.9. The van der Waals surface area contributed by atoms with Gasteiger partial charge in [0.15, 0.2) is 6.61 Å². The minimum Gasteiger partial charge on any atom is -0.488 e. The van der Waals surface area contributed by atoms with Crippen LogP contribution in [-0.2, 0) is 20.9 Å². The van der Waals surface area contributed by atoms with Gasteiger partial charge in [0.2, 0.25) is 5.91 Å². The molecule has 0 atom stereocenters. The van der Waals surface area contributed by atoms with Crippen molar-refractivity contribution in [1.82, 2.24) is 0 Å². The van der Waals surface area contributed by atoms with Gasteiger partial charge in [0.25, 0.3) is 5.91 Å². The van der Waals surface area contributed by atoms with Gasteiger partial charge in [-0.05, 0) is 42.5 Å². The molecule has 2 aromatic carbocycles. The zero-order valence-electron chi connectivity index (χ0n) is 16.1. The summed E-state index contributed by atoms with van der Waals surface area (Å²) in [5, 5.41) is 5.29. The number of rotatable bonds is 5. The Bertz CT molecular complexity index is 1120. The zero-order chi connectivity index (χ0) is 21.1. The van der Waals surface area contributed by atoms with Crippen molar-refractivity contribution in [2.75, 3.05) is 17.2 Å². The Labute approximate surface area is 176 Å². The number of ether oxygens (including phenoxy) is 2. The summed E-state index contributed by atoms with van der Waals surface area (Å²) in [5.74, 6) is -0.395. The number of esters is 1. The van der Waals surface area contributed by atoms with Crippen LogP contribution in [0.2, 0.25) is 0 Å². The summed E-state index contributed by atoms with van der Waals surface area (Å²) in [5.41, 5.74) is 3.03. The first kappa shape index (κ1) is 19.7. The molecule has 0 radical (unpaired) electrons. The fourth-order valence-corrected chi connectivity index (χ4v) is 4.13. The average Bonchev–Trinajstić information content (AvgIpc) is 3.18. The maximum absolute atomic E-state index is 12.4. The summed E-state index contributed by atoms with van der Waals surface area (Å²) in [6.07, 6.45) is 0. The van der Waals surface area contributed by atoms with Crippen LogP contribution < -0.4 is 15.4 Å². The molecule has 1 aromatic heterocycles. The topological polar surface area (TPSA) is 93.7 Å². The van der Waals surface area contributed by atoms with E-state index >= 15 is 0 Å². The SMILES string of the molecule is CC(=O)Nc1ccc(NC(=O)COC(=O)c2cc3c(s2)-c2ccccc2OC3)cc1. The first-order valence-corrected chi connectivity index (χ1v) is 10.0. The predicted octanol–water partition coefficient (Wildman–Crippen LogP) is 4.06. The van der Waals surface area contributed by atoms with Crippen LogP contribution in [0, 0.1) is 0 Å². The second-order valence-electron chi connectivity index (χ2n) is 6.63. The Balaban J connectivity index is 1.35. The van der Waals surface area contributed by atoms with E-state index in [1.54, 1.807) is 30.3 Å². The van der Waals surface area contributed by atoms with Crippen molar-refractivity contribution in [1.29, 1.82) is 0 Å². The molecule has 1 aliphatic heterocycles. The lowest BCUT2D eigenvalue weighted by Gasteiger charge is -2.16. The molecule has 2 amide bonds. The highest BCUT2D eigenvalue weighted by molar-refractivity contribution is 7.17. The minimum absolute atomic E-state index is 0.177. The highest BCUT2D eigenvalue weighted by Crippen LogP contribution is 2.42. The average molecular weight is 422 g/mol. The largest absolute Gasteiger partial charge is 0.488 e. The van der Waals surface area contributed by atoms with Crippen LogP contribution in [0.3, 0.4) is 0 Å². The van der Waals surface area contributed by atoms with Gasteiger partial charge in [-0.2, -0.15) is 0 Å². The second-order valence-corrected chi connectivity index (χ2v) is 7.68. The van der Waals surface area contributed by atoms with Crippen molar-refractivity contribution in [3.63, 3.8) is 0 Å². The molecule has 2 heterocycles. The maximum atomic E-state index is 12.4. The zero-order valence-corrected chi connectivity index (χ0v) is 16.9. The molecule has 0 spiro atoms. The van der Waals surface area contributed by atoms with E-state index in [1.807, 2.05) is 24.3 Å². The molecule has 2 N–H and O–H groups in total. The van der Waals surface area contributed by atoms with Gasteiger partial charge < -0.3 is 20.1 Å². The van der Waals surface area contributed by atoms with Crippen LogP contribution in [0.4, 0.5) is 11.4 Å². The summed E-state index contributed by atoms with van der Waals surface area (Å²) >= 11 is 1.33. The molecular weight excluding hydrogens is 404 g/mol. The molecular formula is C22H18N2O5S. The van der Waals surface area contributed by atoms with Crippen LogP contribution in [0.25, 0.3) is 10.4 Å². The second kappa shape index (κ2) is 8.38. The molecule has 3 aromatic rings. The smallest absolute Gasteiger partial charge is 0.348 e. The lowest BCUT2D eigenvalue weighted by atomic mass is 10.1. The van der Waals surface area contributed by atoms with E-state index in [9.17, 15) is 14.4 Å². The molecule has 0 aliphatic carbocycles. The maximum Gasteiger partial charge on any atom is 0.348 e. The third-order valence-electron chi connectivity index (χ3n) is 4.35. The molecule has 30 heavy (non-hydrogen) atoms. The molecule has 1 aliphatic rings. The van der Waals surface area contributed by atoms with Gasteiger partial charge in [0.1, 0.15) is 17.2 Å². The third kappa shape index (κ3) is 4.33. The van der Waals surface area contributed by atoms with Crippen LogP contribution in [0.15, 0.2) is 54.6 Å². The number of amides is 2. The Hall–Kier alpha value is -3.65. The summed E-state index contributed by atoms with van der Waals surface area (Å²) in [7, 11) is 0. The molecule has 0 unspecified atom stereocenters. The van der Waals surface area contributed by atoms with Crippen molar-refractivity contribution in [3.8, 4) is 16.2 Å². The van der Waals surface area contributed by atoms with E-state index in [-0.39, 0.29) is 5.91 Å². The predicted molar refractivity (Wildman–Crippen MR) is 114 cm³/mol. The molecule has 0 saturated heterocycles. The number of hydrogen-bond acceptors (Lipinski definition) is 6. The molecule has 0 bridgehead atoms. The Morgan fingerprint density at radius 3 is 2.47 bits per heavy atom. The number of carbonyl (C=O) groups excluding carboxylic acids is 3. The lowest BCUT2D eigenvalue weighted by molar-refractivity contribution is -0.119. The number of fused-ring (bicyclic) bond motifs is 3. The van der Waals surface area contributed by atoms with Crippen molar-refractivity contribution in [2.45, 2.75) is 13.5 Å². The van der Waals surface area contributed by atoms with E-state index in [2.05, 4.69) is 10.6 Å². The van der Waals surface area contributed by atoms with Crippen LogP contribution >= 0.6 is 11.3 Å². The minimum atomic E-state index is -0.553. The number of carbonyl (C=O) groups is 3. The first-order chi connectivity index (χ1) is 14.5. The van der Waals surface area contributed by atoms with Gasteiger partial charge >= 0.3 is 5.97 Å². The highest BCUT2D eigenvalue weighted by atomic mass is 32.1. The summed E-state index contributed by atoms with van der Waals surface area (Å²) in [6, 6.07) is 16.0. The fraction of sp³-hybridized carbons (Fsp3) is 0.136. The molecule has 0 fully saturated rings. The van der Waals surface area contributed by atoms with Crippen LogP contribution in [0.1, 0.15) is 22.2 Å². The van der Waals surface area contributed by atoms with Crippen molar-refractivity contribution in [3.05, 3.63) is 65.0 Å². The summed E-state index contributed by atoms with van der Waals surface area (Å²) in [4.78, 5) is 36.9. The highest BCUT2D eigenvalue weighted by Gasteiger charge is 2.23. The van der Waals surface area contributed by atoms with Crippen molar-refractivity contribution in [2.24, 2.45) is 0 Å². The first-order valence-electron chi connectivity index (χ1n) is 9.19. The number of nitrogens with one attached hydrogen (secondary N) is 2. The number of hydrogen-bond donors (Lipinski definition) is 2. The normalized spacial score (nSPS) is 11.5. The van der Waals surface area contributed by atoms with Gasteiger partial charge in [-0.15, -0.1) is 11.3 Å². The Kier molecular flexibility index (Phi) is 5.49. The molecule has 152 valence electrons. The fourth-order valence-electron chi connectivity index (χ4n) is 3.04. The Morgan fingerprint density at radius 1 is 1.03 bits per heavy atom. The van der Waals surface area contributed by atoms with E-state index in [0.717, 1.165) is 21.8 Å². The van der Waals surface area contributed by atoms with Gasteiger partial charge in [-0.25, -0.2) is 4.79 Å². The van der Waals surface area contributed by atoms with E-state index in [4.69, 9.17) is 9.47 Å². The van der Waals surface area contributed by atoms with Crippen molar-refractivity contribution < 1.29 is 23.9 Å². The standard InChI is InChI=1S/C22H18N2O5S/c1-13(25)23-15-6-8-16(9-7-15)24-20(26)12-29-22(27)19-10-14-11-28-18-5-3-2-4-17(18)21(14)30-19/h2-10H,11-12H2,1H3,(H,23,25)(H,24,26). The molecule has 8 heteroatoms. The Morgan fingerprint density at radius 2 is 1.73 bits per heavy atom. The summed E-state index contributed by atoms with van der Waals surface area (Å²) in [6.45, 7) is 1.41. The molecule has 7 nitrogen and oxygen atoms in total. The van der Waals surface area contributed by atoms with Crippen molar-refractivity contribution >= 4 is 40.5 Å². The van der Waals surface area contributed by atoms with Gasteiger partial charge in [-0.3, -0.25) is 9.59 Å². The van der Waals surface area contributed by atoms with Gasteiger partial charge in [-0.1, -0.05) is 12.1 Å². The van der Waals surface area contributed by atoms with E-state index in [0.29, 0.717) is 22.9 Å². The van der Waals surface area contributed by atoms with Gasteiger partial charge in [0, 0.05) is 34.3 Å². The number of anilines is 2. The van der Waals surface area contributed by atoms with Crippen LogP contribution in [0.5, 0.6) is 5.75 Å². The monoisotopic (exact) mass is 422 g/mol. The number of benzene rings is 2. The quantitative estimate of drug-likeness (QED) is 0.605.